The highest BCUT2D eigenvalue weighted by Crippen LogP contribution is 2.40. The second kappa shape index (κ2) is 4.99. The molecule has 1 aromatic carbocycles. The molecule has 2 nitrogen and oxygen atoms in total. The lowest BCUT2D eigenvalue weighted by molar-refractivity contribution is 0.112. The summed E-state index contributed by atoms with van der Waals surface area (Å²) in [6.45, 7) is 14.8. The third-order valence-electron chi connectivity index (χ3n) is 4.27. The minimum Gasteiger partial charge on any atom is -0.507 e. The number of aldehydes is 1. The summed E-state index contributed by atoms with van der Waals surface area (Å²) in [4.78, 5) is 11.2. The van der Waals surface area contributed by atoms with Crippen LogP contribution in [0.25, 0.3) is 0 Å². The molecule has 0 fully saturated rings. The molecular formula is C17H26O2. The molecule has 2 heteroatoms. The summed E-state index contributed by atoms with van der Waals surface area (Å²) in [7, 11) is 0. The van der Waals surface area contributed by atoms with Gasteiger partial charge in [0.05, 0.1) is 5.56 Å². The molecule has 1 N–H and O–H groups in total. The second-order valence-electron chi connectivity index (χ2n) is 7.21. The Morgan fingerprint density at radius 2 is 1.63 bits per heavy atom. The summed E-state index contributed by atoms with van der Waals surface area (Å²) >= 11 is 0. The van der Waals surface area contributed by atoms with Gasteiger partial charge in [-0.05, 0) is 28.4 Å². The van der Waals surface area contributed by atoms with Gasteiger partial charge in [0.25, 0.3) is 0 Å². The van der Waals surface area contributed by atoms with Crippen LogP contribution >= 0.6 is 0 Å². The predicted molar refractivity (Wildman–Crippen MR) is 80.1 cm³/mol. The van der Waals surface area contributed by atoms with E-state index in [1.165, 1.54) is 0 Å². The van der Waals surface area contributed by atoms with E-state index in [2.05, 4.69) is 48.5 Å². The van der Waals surface area contributed by atoms with E-state index >= 15 is 0 Å². The fourth-order valence-corrected chi connectivity index (χ4v) is 1.98. The van der Waals surface area contributed by atoms with Gasteiger partial charge in [-0.15, -0.1) is 0 Å². The Hall–Kier alpha value is -1.31. The predicted octanol–water partition coefficient (Wildman–Crippen LogP) is 4.44. The third kappa shape index (κ3) is 2.99. The first-order chi connectivity index (χ1) is 8.51. The number of carbonyl (C=O) groups excluding carboxylic acids is 1. The molecule has 0 aromatic heterocycles. The maximum Gasteiger partial charge on any atom is 0.153 e. The van der Waals surface area contributed by atoms with Crippen LogP contribution in [0.3, 0.4) is 0 Å². The smallest absolute Gasteiger partial charge is 0.153 e. The first-order valence-electron chi connectivity index (χ1n) is 6.85. The largest absolute Gasteiger partial charge is 0.507 e. The van der Waals surface area contributed by atoms with Crippen LogP contribution in [0.1, 0.15) is 70.0 Å². The number of benzene rings is 1. The zero-order chi connectivity index (χ0) is 15.0. The second-order valence-corrected chi connectivity index (χ2v) is 7.21. The van der Waals surface area contributed by atoms with Crippen molar-refractivity contribution in [1.82, 2.24) is 0 Å². The average Bonchev–Trinajstić information content (AvgIpc) is 2.27. The molecule has 0 atom stereocenters. The van der Waals surface area contributed by atoms with Crippen LogP contribution in [-0.2, 0) is 10.8 Å². The van der Waals surface area contributed by atoms with Crippen LogP contribution in [0.4, 0.5) is 0 Å². The molecule has 0 unspecified atom stereocenters. The number of phenols is 1. The van der Waals surface area contributed by atoms with Gasteiger partial charge in [0.1, 0.15) is 5.75 Å². The van der Waals surface area contributed by atoms with Crippen LogP contribution in [0.5, 0.6) is 5.75 Å². The Bertz CT molecular complexity index is 477. The van der Waals surface area contributed by atoms with Gasteiger partial charge >= 0.3 is 0 Å². The molecular weight excluding hydrogens is 236 g/mol. The maximum atomic E-state index is 11.2. The first kappa shape index (κ1) is 15.7. The van der Waals surface area contributed by atoms with E-state index in [1.54, 1.807) is 6.07 Å². The summed E-state index contributed by atoms with van der Waals surface area (Å²) in [5.41, 5.74) is 2.10. The standard InChI is InChI=1S/C17H26O2/c1-11(2)17(6,7)14-9-13(16(3,4)5)8-12(10-18)15(14)19/h8-11,19H,1-7H3. The Morgan fingerprint density at radius 1 is 1.11 bits per heavy atom. The number of carbonyl (C=O) groups is 1. The zero-order valence-corrected chi connectivity index (χ0v) is 13.2. The molecule has 106 valence electrons. The molecule has 0 bridgehead atoms. The number of hydrogen-bond acceptors (Lipinski definition) is 2. The normalized spacial score (nSPS) is 12.8. The lowest BCUT2D eigenvalue weighted by Gasteiger charge is -2.33. The minimum absolute atomic E-state index is 0.0483. The van der Waals surface area contributed by atoms with Gasteiger partial charge < -0.3 is 5.11 Å². The SMILES string of the molecule is CC(C)C(C)(C)c1cc(C(C)(C)C)cc(C=O)c1O. The number of hydrogen-bond donors (Lipinski definition) is 1. The third-order valence-corrected chi connectivity index (χ3v) is 4.27. The molecule has 0 aliphatic rings. The summed E-state index contributed by atoms with van der Waals surface area (Å²) in [5, 5.41) is 10.3. The molecule has 0 spiro atoms. The van der Waals surface area contributed by atoms with Crippen molar-refractivity contribution in [3.63, 3.8) is 0 Å². The Morgan fingerprint density at radius 3 is 2.00 bits per heavy atom. The fraction of sp³-hybridized carbons (Fsp3) is 0.588. The molecule has 19 heavy (non-hydrogen) atoms. The van der Waals surface area contributed by atoms with E-state index in [0.29, 0.717) is 11.5 Å². The fourth-order valence-electron chi connectivity index (χ4n) is 1.98. The highest BCUT2D eigenvalue weighted by molar-refractivity contribution is 5.81. The van der Waals surface area contributed by atoms with Gasteiger partial charge in [0, 0.05) is 5.56 Å². The summed E-state index contributed by atoms with van der Waals surface area (Å²) < 4.78 is 0. The molecule has 0 saturated carbocycles. The van der Waals surface area contributed by atoms with Crippen LogP contribution < -0.4 is 0 Å². The van der Waals surface area contributed by atoms with Crippen molar-refractivity contribution in [3.05, 3.63) is 28.8 Å². The van der Waals surface area contributed by atoms with Crippen molar-refractivity contribution in [2.45, 2.75) is 59.3 Å². The van der Waals surface area contributed by atoms with Gasteiger partial charge in [0.15, 0.2) is 6.29 Å². The van der Waals surface area contributed by atoms with Crippen molar-refractivity contribution < 1.29 is 9.90 Å². The topological polar surface area (TPSA) is 37.3 Å². The van der Waals surface area contributed by atoms with Crippen LogP contribution in [-0.4, -0.2) is 11.4 Å². The molecule has 0 radical (unpaired) electrons. The van der Waals surface area contributed by atoms with Crippen molar-refractivity contribution in [2.75, 3.05) is 0 Å². The zero-order valence-electron chi connectivity index (χ0n) is 13.2. The number of phenolic OH excluding ortho intramolecular Hbond substituents is 1. The summed E-state index contributed by atoms with van der Waals surface area (Å²) in [5.74, 6) is 0.495. The summed E-state index contributed by atoms with van der Waals surface area (Å²) in [6, 6.07) is 3.84. The van der Waals surface area contributed by atoms with Crippen LogP contribution in [0, 0.1) is 5.92 Å². The molecule has 1 aromatic rings. The molecule has 0 heterocycles. The van der Waals surface area contributed by atoms with E-state index in [9.17, 15) is 9.90 Å². The van der Waals surface area contributed by atoms with Crippen molar-refractivity contribution in [1.29, 1.82) is 0 Å². The number of aromatic hydroxyl groups is 1. The van der Waals surface area contributed by atoms with Crippen LogP contribution in [0.15, 0.2) is 12.1 Å². The quantitative estimate of drug-likeness (QED) is 0.818. The van der Waals surface area contributed by atoms with Crippen molar-refractivity contribution in [2.24, 2.45) is 5.92 Å². The van der Waals surface area contributed by atoms with E-state index < -0.39 is 0 Å². The average molecular weight is 262 g/mol. The van der Waals surface area contributed by atoms with Crippen molar-refractivity contribution >= 4 is 6.29 Å². The van der Waals surface area contributed by atoms with Gasteiger partial charge in [-0.25, -0.2) is 0 Å². The van der Waals surface area contributed by atoms with Gasteiger partial charge in [-0.1, -0.05) is 54.5 Å². The Balaban J connectivity index is 3.60. The maximum absolute atomic E-state index is 11.2. The molecule has 1 rings (SSSR count). The Labute approximate surface area is 116 Å². The summed E-state index contributed by atoms with van der Waals surface area (Å²) in [6.07, 6.45) is 0.741. The number of rotatable bonds is 3. The van der Waals surface area contributed by atoms with E-state index in [4.69, 9.17) is 0 Å². The monoisotopic (exact) mass is 262 g/mol. The minimum atomic E-state index is -0.177. The van der Waals surface area contributed by atoms with Gasteiger partial charge in [-0.3, -0.25) is 4.79 Å². The lowest BCUT2D eigenvalue weighted by atomic mass is 9.72. The van der Waals surface area contributed by atoms with E-state index in [-0.39, 0.29) is 16.6 Å². The Kier molecular flexibility index (Phi) is 4.14. The molecule has 0 amide bonds. The molecule has 0 saturated heterocycles. The van der Waals surface area contributed by atoms with Crippen molar-refractivity contribution in [3.8, 4) is 5.75 Å². The van der Waals surface area contributed by atoms with E-state index in [0.717, 1.165) is 17.4 Å². The highest BCUT2D eigenvalue weighted by Gasteiger charge is 2.30. The van der Waals surface area contributed by atoms with Crippen LogP contribution in [0.2, 0.25) is 0 Å². The first-order valence-corrected chi connectivity index (χ1v) is 6.85. The van der Waals surface area contributed by atoms with Gasteiger partial charge in [-0.2, -0.15) is 0 Å². The molecule has 0 aliphatic heterocycles. The lowest BCUT2D eigenvalue weighted by Crippen LogP contribution is -2.26. The van der Waals surface area contributed by atoms with Gasteiger partial charge in [0.2, 0.25) is 0 Å². The van der Waals surface area contributed by atoms with E-state index in [1.807, 2.05) is 6.07 Å². The molecule has 0 aliphatic carbocycles. The highest BCUT2D eigenvalue weighted by atomic mass is 16.3.